The van der Waals surface area contributed by atoms with Crippen molar-refractivity contribution in [3.8, 4) is 11.5 Å². The van der Waals surface area contributed by atoms with Gasteiger partial charge in [-0.05, 0) is 18.2 Å². The number of carbonyl (C=O) groups is 2. The zero-order valence-corrected chi connectivity index (χ0v) is 12.9. The predicted octanol–water partition coefficient (Wildman–Crippen LogP) is 2.48. The van der Waals surface area contributed by atoms with E-state index < -0.39 is 12.1 Å². The minimum absolute atomic E-state index is 0.107. The third kappa shape index (κ3) is 3.65. The van der Waals surface area contributed by atoms with Crippen LogP contribution in [-0.2, 0) is 16.0 Å². The molecule has 1 amide bonds. The van der Waals surface area contributed by atoms with Crippen LogP contribution in [0, 0.1) is 0 Å². The molecule has 0 radical (unpaired) electrons. The SMILES string of the molecule is O=C(O)Cc1ccccc1OCCC1Oc2ccccc2NC1=O. The number of carboxylic acids is 1. The summed E-state index contributed by atoms with van der Waals surface area (Å²) >= 11 is 0. The first-order chi connectivity index (χ1) is 11.6. The van der Waals surface area contributed by atoms with Gasteiger partial charge in [-0.15, -0.1) is 0 Å². The van der Waals surface area contributed by atoms with Crippen molar-refractivity contribution >= 4 is 17.6 Å². The van der Waals surface area contributed by atoms with Gasteiger partial charge in [0, 0.05) is 12.0 Å². The number of hydrogen-bond donors (Lipinski definition) is 2. The second-order valence-corrected chi connectivity index (χ2v) is 5.41. The lowest BCUT2D eigenvalue weighted by atomic mass is 10.1. The third-order valence-electron chi connectivity index (χ3n) is 3.66. The Kier molecular flexibility index (Phi) is 4.65. The lowest BCUT2D eigenvalue weighted by Gasteiger charge is -2.25. The van der Waals surface area contributed by atoms with Crippen LogP contribution in [-0.4, -0.2) is 29.7 Å². The first-order valence-corrected chi connectivity index (χ1v) is 7.62. The molecule has 0 bridgehead atoms. The van der Waals surface area contributed by atoms with Gasteiger partial charge in [-0.2, -0.15) is 0 Å². The van der Waals surface area contributed by atoms with Gasteiger partial charge in [0.1, 0.15) is 11.5 Å². The number of benzene rings is 2. The molecule has 0 fully saturated rings. The summed E-state index contributed by atoms with van der Waals surface area (Å²) in [6, 6.07) is 14.2. The van der Waals surface area contributed by atoms with Crippen LogP contribution in [0.1, 0.15) is 12.0 Å². The van der Waals surface area contributed by atoms with Crippen molar-refractivity contribution in [1.29, 1.82) is 0 Å². The highest BCUT2D eigenvalue weighted by Gasteiger charge is 2.27. The van der Waals surface area contributed by atoms with Crippen LogP contribution in [0.3, 0.4) is 0 Å². The predicted molar refractivity (Wildman–Crippen MR) is 87.4 cm³/mol. The molecular formula is C18H17NO5. The summed E-state index contributed by atoms with van der Waals surface area (Å²) in [6.07, 6.45) is -0.377. The lowest BCUT2D eigenvalue weighted by Crippen LogP contribution is -2.38. The van der Waals surface area contributed by atoms with Crippen LogP contribution in [0.5, 0.6) is 11.5 Å². The Morgan fingerprint density at radius 3 is 2.75 bits per heavy atom. The molecule has 0 saturated carbocycles. The van der Waals surface area contributed by atoms with Crippen molar-refractivity contribution < 1.29 is 24.2 Å². The molecule has 0 saturated heterocycles. The zero-order valence-electron chi connectivity index (χ0n) is 12.9. The lowest BCUT2D eigenvalue weighted by molar-refractivity contribution is -0.136. The number of rotatable bonds is 6. The van der Waals surface area contributed by atoms with Crippen molar-refractivity contribution in [2.24, 2.45) is 0 Å². The smallest absolute Gasteiger partial charge is 0.307 e. The Morgan fingerprint density at radius 1 is 1.17 bits per heavy atom. The van der Waals surface area contributed by atoms with Gasteiger partial charge in [0.05, 0.1) is 18.7 Å². The zero-order chi connectivity index (χ0) is 16.9. The molecule has 6 heteroatoms. The first kappa shape index (κ1) is 15.9. The number of hydrogen-bond acceptors (Lipinski definition) is 4. The monoisotopic (exact) mass is 327 g/mol. The topological polar surface area (TPSA) is 84.9 Å². The van der Waals surface area contributed by atoms with Gasteiger partial charge >= 0.3 is 5.97 Å². The number of aliphatic carboxylic acids is 1. The summed E-state index contributed by atoms with van der Waals surface area (Å²) in [6.45, 7) is 0.247. The number of anilines is 1. The molecule has 1 aliphatic rings. The number of para-hydroxylation sites is 3. The molecule has 1 heterocycles. The van der Waals surface area contributed by atoms with E-state index >= 15 is 0 Å². The maximum atomic E-state index is 12.0. The van der Waals surface area contributed by atoms with Gasteiger partial charge in [0.2, 0.25) is 0 Å². The summed E-state index contributed by atoms with van der Waals surface area (Å²) in [5.41, 5.74) is 1.26. The van der Waals surface area contributed by atoms with E-state index in [0.29, 0.717) is 29.2 Å². The average molecular weight is 327 g/mol. The maximum Gasteiger partial charge on any atom is 0.307 e. The highest BCUT2D eigenvalue weighted by molar-refractivity contribution is 5.97. The molecule has 2 aromatic carbocycles. The molecule has 0 spiro atoms. The highest BCUT2D eigenvalue weighted by atomic mass is 16.5. The van der Waals surface area contributed by atoms with Gasteiger partial charge in [-0.25, -0.2) is 0 Å². The van der Waals surface area contributed by atoms with E-state index in [1.54, 1.807) is 36.4 Å². The molecule has 1 atom stereocenters. The molecule has 24 heavy (non-hydrogen) atoms. The van der Waals surface area contributed by atoms with Crippen molar-refractivity contribution in [2.75, 3.05) is 11.9 Å². The van der Waals surface area contributed by atoms with Gasteiger partial charge < -0.3 is 19.9 Å². The number of carbonyl (C=O) groups excluding carboxylic acids is 1. The number of carboxylic acid groups (broad SMARTS) is 1. The van der Waals surface area contributed by atoms with Gasteiger partial charge in [-0.1, -0.05) is 30.3 Å². The van der Waals surface area contributed by atoms with E-state index in [4.69, 9.17) is 14.6 Å². The molecule has 2 N–H and O–H groups in total. The number of ether oxygens (including phenoxy) is 2. The second kappa shape index (κ2) is 7.04. The summed E-state index contributed by atoms with van der Waals surface area (Å²) in [4.78, 5) is 22.9. The van der Waals surface area contributed by atoms with E-state index in [-0.39, 0.29) is 18.9 Å². The van der Waals surface area contributed by atoms with E-state index in [9.17, 15) is 9.59 Å². The minimum Gasteiger partial charge on any atom is -0.493 e. The standard InChI is InChI=1S/C18H17NO5/c20-17(21)11-12-5-1-3-7-14(12)23-10-9-16-18(22)19-13-6-2-4-8-15(13)24-16/h1-8,16H,9-11H2,(H,19,22)(H,20,21). The largest absolute Gasteiger partial charge is 0.493 e. The Labute approximate surface area is 139 Å². The van der Waals surface area contributed by atoms with Crippen molar-refractivity contribution in [3.05, 3.63) is 54.1 Å². The van der Waals surface area contributed by atoms with E-state index in [1.807, 2.05) is 12.1 Å². The van der Waals surface area contributed by atoms with Crippen LogP contribution < -0.4 is 14.8 Å². The Bertz CT molecular complexity index is 759. The minimum atomic E-state index is -0.919. The fourth-order valence-corrected chi connectivity index (χ4v) is 2.51. The summed E-state index contributed by atoms with van der Waals surface area (Å²) in [5, 5.41) is 11.7. The molecule has 1 aliphatic heterocycles. The molecular weight excluding hydrogens is 310 g/mol. The molecule has 1 unspecified atom stereocenters. The molecule has 3 rings (SSSR count). The summed E-state index contributed by atoms with van der Waals surface area (Å²) in [7, 11) is 0. The number of amides is 1. The van der Waals surface area contributed by atoms with Crippen molar-refractivity contribution in [1.82, 2.24) is 0 Å². The third-order valence-corrected chi connectivity index (χ3v) is 3.66. The summed E-state index contributed by atoms with van der Waals surface area (Å²) in [5.74, 6) is 0.0127. The number of nitrogens with one attached hydrogen (secondary N) is 1. The van der Waals surface area contributed by atoms with Gasteiger partial charge in [-0.3, -0.25) is 9.59 Å². The van der Waals surface area contributed by atoms with E-state index in [1.165, 1.54) is 0 Å². The summed E-state index contributed by atoms with van der Waals surface area (Å²) < 4.78 is 11.3. The first-order valence-electron chi connectivity index (χ1n) is 7.62. The molecule has 0 aliphatic carbocycles. The highest BCUT2D eigenvalue weighted by Crippen LogP contribution is 2.29. The Hall–Kier alpha value is -3.02. The molecule has 124 valence electrons. The fraction of sp³-hybridized carbons (Fsp3) is 0.222. The maximum absolute atomic E-state index is 12.0. The van der Waals surface area contributed by atoms with Crippen LogP contribution in [0.15, 0.2) is 48.5 Å². The van der Waals surface area contributed by atoms with E-state index in [2.05, 4.69) is 5.32 Å². The Morgan fingerprint density at radius 2 is 1.92 bits per heavy atom. The van der Waals surface area contributed by atoms with Crippen molar-refractivity contribution in [3.63, 3.8) is 0 Å². The van der Waals surface area contributed by atoms with Gasteiger partial charge in [0.25, 0.3) is 5.91 Å². The fourth-order valence-electron chi connectivity index (χ4n) is 2.51. The van der Waals surface area contributed by atoms with Crippen LogP contribution >= 0.6 is 0 Å². The molecule has 6 nitrogen and oxygen atoms in total. The van der Waals surface area contributed by atoms with Gasteiger partial charge in [0.15, 0.2) is 6.10 Å². The molecule has 2 aromatic rings. The number of fused-ring (bicyclic) bond motifs is 1. The van der Waals surface area contributed by atoms with Crippen LogP contribution in [0.4, 0.5) is 5.69 Å². The quantitative estimate of drug-likeness (QED) is 0.851. The molecule has 0 aromatic heterocycles. The second-order valence-electron chi connectivity index (χ2n) is 5.41. The van der Waals surface area contributed by atoms with Crippen molar-refractivity contribution in [2.45, 2.75) is 18.9 Å². The van der Waals surface area contributed by atoms with E-state index in [0.717, 1.165) is 0 Å². The Balaban J connectivity index is 1.59. The van der Waals surface area contributed by atoms with Crippen LogP contribution in [0.2, 0.25) is 0 Å². The normalized spacial score (nSPS) is 15.8. The average Bonchev–Trinajstić information content (AvgIpc) is 2.56. The van der Waals surface area contributed by atoms with Crippen LogP contribution in [0.25, 0.3) is 0 Å².